The van der Waals surface area contributed by atoms with Gasteiger partial charge in [0.2, 0.25) is 5.82 Å². The van der Waals surface area contributed by atoms with Crippen LogP contribution in [-0.4, -0.2) is 32.9 Å². The molecule has 6 nitrogen and oxygen atoms in total. The number of aromatic nitrogens is 4. The molecule has 0 unspecified atom stereocenters. The molecule has 136 valence electrons. The van der Waals surface area contributed by atoms with E-state index in [2.05, 4.69) is 44.6 Å². The fourth-order valence-corrected chi connectivity index (χ4v) is 3.18. The van der Waals surface area contributed by atoms with E-state index < -0.39 is 12.2 Å². The summed E-state index contributed by atoms with van der Waals surface area (Å²) in [5.41, 5.74) is 2.34. The molecule has 0 saturated carbocycles. The highest BCUT2D eigenvalue weighted by Crippen LogP contribution is 2.25. The SMILES string of the molecule is CC1CCN(c2ccc(Nc3ccc4nnc(C(F)F)n4n3)cc2)CC1. The summed E-state index contributed by atoms with van der Waals surface area (Å²) in [6.07, 6.45) is -0.288. The number of fused-ring (bicyclic) bond motifs is 1. The van der Waals surface area contributed by atoms with E-state index in [-0.39, 0.29) is 0 Å². The molecular weight excluding hydrogens is 338 g/mol. The van der Waals surface area contributed by atoms with Gasteiger partial charge >= 0.3 is 0 Å². The Balaban J connectivity index is 1.50. The molecule has 0 spiro atoms. The fraction of sp³-hybridized carbons (Fsp3) is 0.389. The van der Waals surface area contributed by atoms with Crippen LogP contribution in [0.15, 0.2) is 36.4 Å². The number of anilines is 3. The Bertz CT molecular complexity index is 884. The average molecular weight is 358 g/mol. The maximum absolute atomic E-state index is 12.9. The summed E-state index contributed by atoms with van der Waals surface area (Å²) in [6, 6.07) is 11.4. The van der Waals surface area contributed by atoms with Crippen molar-refractivity contribution in [3.63, 3.8) is 0 Å². The number of rotatable bonds is 4. The first kappa shape index (κ1) is 16.7. The summed E-state index contributed by atoms with van der Waals surface area (Å²) in [6.45, 7) is 4.45. The van der Waals surface area contributed by atoms with E-state index in [1.54, 1.807) is 12.1 Å². The van der Waals surface area contributed by atoms with Crippen LogP contribution in [0, 0.1) is 5.92 Å². The van der Waals surface area contributed by atoms with Gasteiger partial charge in [-0.05, 0) is 55.2 Å². The molecular formula is C18H20F2N6. The van der Waals surface area contributed by atoms with Gasteiger partial charge in [0, 0.05) is 24.5 Å². The van der Waals surface area contributed by atoms with Crippen LogP contribution in [0.25, 0.3) is 5.65 Å². The molecule has 1 aliphatic heterocycles. The van der Waals surface area contributed by atoms with Gasteiger partial charge in [0.15, 0.2) is 11.5 Å². The van der Waals surface area contributed by atoms with Gasteiger partial charge in [0.1, 0.15) is 0 Å². The summed E-state index contributed by atoms with van der Waals surface area (Å²) in [7, 11) is 0. The summed E-state index contributed by atoms with van der Waals surface area (Å²) in [5.74, 6) is 0.793. The van der Waals surface area contributed by atoms with Crippen LogP contribution < -0.4 is 10.2 Å². The van der Waals surface area contributed by atoms with Gasteiger partial charge in [-0.2, -0.15) is 4.52 Å². The molecule has 0 bridgehead atoms. The highest BCUT2D eigenvalue weighted by atomic mass is 19.3. The monoisotopic (exact) mass is 358 g/mol. The van der Waals surface area contributed by atoms with Crippen molar-refractivity contribution in [2.24, 2.45) is 5.92 Å². The van der Waals surface area contributed by atoms with Crippen LogP contribution >= 0.6 is 0 Å². The predicted molar refractivity (Wildman–Crippen MR) is 96.1 cm³/mol. The number of hydrogen-bond donors (Lipinski definition) is 1. The Morgan fingerprint density at radius 2 is 1.77 bits per heavy atom. The van der Waals surface area contributed by atoms with Crippen molar-refractivity contribution in [1.29, 1.82) is 0 Å². The van der Waals surface area contributed by atoms with Crippen molar-refractivity contribution in [1.82, 2.24) is 19.8 Å². The minimum Gasteiger partial charge on any atom is -0.372 e. The lowest BCUT2D eigenvalue weighted by Crippen LogP contribution is -2.32. The van der Waals surface area contributed by atoms with Crippen molar-refractivity contribution < 1.29 is 8.78 Å². The van der Waals surface area contributed by atoms with E-state index in [1.165, 1.54) is 18.5 Å². The molecule has 2 aromatic heterocycles. The highest BCUT2D eigenvalue weighted by Gasteiger charge is 2.17. The van der Waals surface area contributed by atoms with E-state index in [9.17, 15) is 8.78 Å². The van der Waals surface area contributed by atoms with E-state index in [0.29, 0.717) is 11.5 Å². The molecule has 4 rings (SSSR count). The number of halogens is 2. The number of benzene rings is 1. The Morgan fingerprint density at radius 1 is 1.04 bits per heavy atom. The molecule has 1 N–H and O–H groups in total. The summed E-state index contributed by atoms with van der Waals surface area (Å²) in [5, 5.41) is 14.5. The highest BCUT2D eigenvalue weighted by molar-refractivity contribution is 5.61. The van der Waals surface area contributed by atoms with Gasteiger partial charge in [-0.1, -0.05) is 6.92 Å². The lowest BCUT2D eigenvalue weighted by Gasteiger charge is -2.32. The number of piperidine rings is 1. The van der Waals surface area contributed by atoms with Crippen LogP contribution in [0.2, 0.25) is 0 Å². The molecule has 26 heavy (non-hydrogen) atoms. The number of nitrogens with one attached hydrogen (secondary N) is 1. The van der Waals surface area contributed by atoms with Crippen molar-refractivity contribution in [2.45, 2.75) is 26.2 Å². The second-order valence-electron chi connectivity index (χ2n) is 6.69. The Hall–Kier alpha value is -2.77. The number of nitrogens with zero attached hydrogens (tertiary/aromatic N) is 5. The first-order valence-corrected chi connectivity index (χ1v) is 8.73. The van der Waals surface area contributed by atoms with E-state index >= 15 is 0 Å². The zero-order valence-corrected chi connectivity index (χ0v) is 14.4. The average Bonchev–Trinajstić information content (AvgIpc) is 3.07. The maximum Gasteiger partial charge on any atom is 0.299 e. The Kier molecular flexibility index (Phi) is 4.40. The van der Waals surface area contributed by atoms with Gasteiger partial charge in [-0.15, -0.1) is 15.3 Å². The third-order valence-electron chi connectivity index (χ3n) is 4.77. The standard InChI is InChI=1S/C18H20F2N6/c1-12-8-10-25(11-9-12)14-4-2-13(3-5-14)21-15-6-7-16-22-23-18(17(19)20)26(16)24-15/h2-7,12,17H,8-11H2,1H3,(H,21,24). The maximum atomic E-state index is 12.9. The van der Waals surface area contributed by atoms with Gasteiger partial charge in [0.25, 0.3) is 6.43 Å². The molecule has 1 aliphatic rings. The number of alkyl halides is 2. The minimum absolute atomic E-state index is 0.292. The topological polar surface area (TPSA) is 58.3 Å². The van der Waals surface area contributed by atoms with Crippen LogP contribution in [0.5, 0.6) is 0 Å². The van der Waals surface area contributed by atoms with Crippen molar-refractivity contribution in [3.05, 3.63) is 42.2 Å². The lowest BCUT2D eigenvalue weighted by molar-refractivity contribution is 0.137. The van der Waals surface area contributed by atoms with Gasteiger partial charge in [0.05, 0.1) is 0 Å². The van der Waals surface area contributed by atoms with Crippen LogP contribution in [0.3, 0.4) is 0 Å². The van der Waals surface area contributed by atoms with E-state index in [0.717, 1.165) is 29.2 Å². The lowest BCUT2D eigenvalue weighted by atomic mass is 9.99. The van der Waals surface area contributed by atoms with Crippen molar-refractivity contribution in [3.8, 4) is 0 Å². The molecule has 0 radical (unpaired) electrons. The second-order valence-corrected chi connectivity index (χ2v) is 6.69. The van der Waals surface area contributed by atoms with Gasteiger partial charge in [-0.3, -0.25) is 0 Å². The molecule has 3 aromatic rings. The zero-order valence-electron chi connectivity index (χ0n) is 14.4. The Morgan fingerprint density at radius 3 is 2.46 bits per heavy atom. The normalized spacial score (nSPS) is 15.8. The van der Waals surface area contributed by atoms with Crippen molar-refractivity contribution in [2.75, 3.05) is 23.3 Å². The molecule has 1 fully saturated rings. The van der Waals surface area contributed by atoms with Gasteiger partial charge in [-0.25, -0.2) is 8.78 Å². The third-order valence-corrected chi connectivity index (χ3v) is 4.77. The molecule has 1 saturated heterocycles. The summed E-state index contributed by atoms with van der Waals surface area (Å²) < 4.78 is 27.0. The van der Waals surface area contributed by atoms with Gasteiger partial charge < -0.3 is 10.2 Å². The predicted octanol–water partition coefficient (Wildman–Crippen LogP) is 4.04. The molecule has 1 aromatic carbocycles. The van der Waals surface area contributed by atoms with Crippen LogP contribution in [0.1, 0.15) is 32.0 Å². The quantitative estimate of drug-likeness (QED) is 0.763. The first-order valence-electron chi connectivity index (χ1n) is 8.73. The number of hydrogen-bond acceptors (Lipinski definition) is 5. The zero-order chi connectivity index (χ0) is 18.1. The summed E-state index contributed by atoms with van der Waals surface area (Å²) in [4.78, 5) is 2.39. The fourth-order valence-electron chi connectivity index (χ4n) is 3.18. The minimum atomic E-state index is -2.72. The second kappa shape index (κ2) is 6.86. The Labute approximate surface area is 149 Å². The van der Waals surface area contributed by atoms with Crippen LogP contribution in [-0.2, 0) is 0 Å². The molecule has 0 aliphatic carbocycles. The summed E-state index contributed by atoms with van der Waals surface area (Å²) >= 11 is 0. The van der Waals surface area contributed by atoms with Crippen molar-refractivity contribution >= 4 is 22.8 Å². The smallest absolute Gasteiger partial charge is 0.299 e. The van der Waals surface area contributed by atoms with E-state index in [4.69, 9.17) is 0 Å². The first-order chi connectivity index (χ1) is 12.6. The third kappa shape index (κ3) is 3.31. The van der Waals surface area contributed by atoms with E-state index in [1.807, 2.05) is 12.1 Å². The largest absolute Gasteiger partial charge is 0.372 e. The van der Waals surface area contributed by atoms with Crippen LogP contribution in [0.4, 0.5) is 26.0 Å². The molecule has 0 atom stereocenters. The molecule has 8 heteroatoms. The molecule has 3 heterocycles. The molecule has 0 amide bonds.